The van der Waals surface area contributed by atoms with Gasteiger partial charge in [-0.2, -0.15) is 0 Å². The van der Waals surface area contributed by atoms with Gasteiger partial charge in [-0.3, -0.25) is 0 Å². The molecule has 0 spiro atoms. The van der Waals surface area contributed by atoms with Gasteiger partial charge >= 0.3 is 0 Å². The second-order valence-corrected chi connectivity index (χ2v) is 3.34. The molecule has 0 amide bonds. The van der Waals surface area contributed by atoms with E-state index in [9.17, 15) is 0 Å². The lowest BCUT2D eigenvalue weighted by atomic mass is 9.95. The third-order valence-electron chi connectivity index (χ3n) is 2.20. The van der Waals surface area contributed by atoms with Gasteiger partial charge in [0.05, 0.1) is 0 Å². The van der Waals surface area contributed by atoms with E-state index in [0.29, 0.717) is 0 Å². The minimum atomic E-state index is 0.970. The second-order valence-electron chi connectivity index (χ2n) is 3.34. The third kappa shape index (κ3) is 6.36. The average Bonchev–Trinajstić information content (AvgIpc) is 2.01. The third-order valence-corrected chi connectivity index (χ3v) is 2.20. The first kappa shape index (κ1) is 11.0. The monoisotopic (exact) mass is 157 g/mol. The molecule has 68 valence electrons. The highest BCUT2D eigenvalue weighted by Gasteiger charge is 2.04. The predicted octanol–water partition coefficient (Wildman–Crippen LogP) is 2.81. The molecule has 0 heterocycles. The van der Waals surface area contributed by atoms with Crippen molar-refractivity contribution in [3.05, 3.63) is 0 Å². The Balaban J connectivity index is 3.34. The number of nitrogens with one attached hydrogen (secondary N) is 1. The van der Waals surface area contributed by atoms with Gasteiger partial charge in [-0.1, -0.05) is 39.5 Å². The molecule has 0 aliphatic heterocycles. The van der Waals surface area contributed by atoms with E-state index in [-0.39, 0.29) is 0 Å². The maximum atomic E-state index is 3.21. The molecular formula is C10H23N. The number of rotatable bonds is 7. The summed E-state index contributed by atoms with van der Waals surface area (Å²) in [6.07, 6.45) is 6.87. The molecule has 0 aliphatic carbocycles. The summed E-state index contributed by atoms with van der Waals surface area (Å²) in [7, 11) is 2.04. The molecule has 0 rings (SSSR count). The van der Waals surface area contributed by atoms with Gasteiger partial charge in [0.1, 0.15) is 0 Å². The van der Waals surface area contributed by atoms with Gasteiger partial charge in [-0.15, -0.1) is 0 Å². The van der Waals surface area contributed by atoms with Crippen molar-refractivity contribution in [2.45, 2.75) is 46.0 Å². The van der Waals surface area contributed by atoms with E-state index >= 15 is 0 Å². The quantitative estimate of drug-likeness (QED) is 0.599. The van der Waals surface area contributed by atoms with Crippen LogP contribution in [0.25, 0.3) is 0 Å². The molecule has 0 unspecified atom stereocenters. The molecule has 1 heteroatoms. The van der Waals surface area contributed by atoms with Crippen molar-refractivity contribution < 1.29 is 0 Å². The van der Waals surface area contributed by atoms with E-state index in [1.165, 1.54) is 38.6 Å². The maximum Gasteiger partial charge on any atom is -0.00493 e. The summed E-state index contributed by atoms with van der Waals surface area (Å²) in [6.45, 7) is 5.74. The highest BCUT2D eigenvalue weighted by atomic mass is 14.8. The maximum absolute atomic E-state index is 3.21. The Morgan fingerprint density at radius 3 is 1.91 bits per heavy atom. The number of hydrogen-bond acceptors (Lipinski definition) is 1. The fraction of sp³-hybridized carbons (Fsp3) is 1.00. The highest BCUT2D eigenvalue weighted by molar-refractivity contribution is 4.59. The Morgan fingerprint density at radius 1 is 1.00 bits per heavy atom. The van der Waals surface area contributed by atoms with Gasteiger partial charge in [-0.25, -0.2) is 0 Å². The van der Waals surface area contributed by atoms with Crippen molar-refractivity contribution in [1.82, 2.24) is 5.32 Å². The summed E-state index contributed by atoms with van der Waals surface area (Å²) >= 11 is 0. The smallest absolute Gasteiger partial charge is 0.00493 e. The van der Waals surface area contributed by atoms with E-state index in [2.05, 4.69) is 19.2 Å². The van der Waals surface area contributed by atoms with Crippen LogP contribution in [-0.2, 0) is 0 Å². The van der Waals surface area contributed by atoms with E-state index < -0.39 is 0 Å². The Morgan fingerprint density at radius 2 is 1.55 bits per heavy atom. The van der Waals surface area contributed by atoms with Crippen molar-refractivity contribution in [2.75, 3.05) is 13.6 Å². The second kappa shape index (κ2) is 8.06. The van der Waals surface area contributed by atoms with Crippen LogP contribution in [0.4, 0.5) is 0 Å². The minimum absolute atomic E-state index is 0.970. The first-order chi connectivity index (χ1) is 5.35. The normalized spacial score (nSPS) is 10.9. The first-order valence-electron chi connectivity index (χ1n) is 4.99. The molecule has 0 aromatic heterocycles. The van der Waals surface area contributed by atoms with Crippen molar-refractivity contribution in [3.63, 3.8) is 0 Å². The van der Waals surface area contributed by atoms with Crippen molar-refractivity contribution >= 4 is 0 Å². The molecule has 0 atom stereocenters. The fourth-order valence-electron chi connectivity index (χ4n) is 1.60. The summed E-state index contributed by atoms with van der Waals surface area (Å²) in [5, 5.41) is 3.21. The summed E-state index contributed by atoms with van der Waals surface area (Å²) in [5.74, 6) is 0.970. The Labute approximate surface area is 71.6 Å². The standard InChI is InChI=1S/C10H23N/c1-4-6-10(7-5-2)8-9-11-3/h10-11H,4-9H2,1-3H3. The molecule has 0 aliphatic rings. The van der Waals surface area contributed by atoms with Gasteiger partial charge in [0.25, 0.3) is 0 Å². The predicted molar refractivity (Wildman–Crippen MR) is 51.8 cm³/mol. The first-order valence-corrected chi connectivity index (χ1v) is 4.99. The molecule has 0 radical (unpaired) electrons. The molecule has 0 bridgehead atoms. The molecule has 0 saturated heterocycles. The van der Waals surface area contributed by atoms with Crippen LogP contribution in [0, 0.1) is 5.92 Å². The summed E-state index contributed by atoms with van der Waals surface area (Å²) in [5.41, 5.74) is 0. The Hall–Kier alpha value is -0.0400. The highest BCUT2D eigenvalue weighted by Crippen LogP contribution is 2.16. The molecule has 0 aromatic carbocycles. The molecule has 1 nitrogen and oxygen atoms in total. The lowest BCUT2D eigenvalue weighted by molar-refractivity contribution is 0.406. The van der Waals surface area contributed by atoms with Crippen LogP contribution in [-0.4, -0.2) is 13.6 Å². The van der Waals surface area contributed by atoms with Gasteiger partial charge in [-0.05, 0) is 25.9 Å². The lowest BCUT2D eigenvalue weighted by Crippen LogP contribution is -2.13. The van der Waals surface area contributed by atoms with Crippen LogP contribution in [0.1, 0.15) is 46.0 Å². The summed E-state index contributed by atoms with van der Waals surface area (Å²) in [4.78, 5) is 0. The molecule has 0 fully saturated rings. The SMILES string of the molecule is CCCC(CCC)CCNC. The zero-order valence-corrected chi connectivity index (χ0v) is 8.32. The molecule has 11 heavy (non-hydrogen) atoms. The van der Waals surface area contributed by atoms with E-state index in [4.69, 9.17) is 0 Å². The molecule has 0 saturated carbocycles. The lowest BCUT2D eigenvalue weighted by Gasteiger charge is -2.14. The zero-order valence-electron chi connectivity index (χ0n) is 8.32. The van der Waals surface area contributed by atoms with Gasteiger partial charge < -0.3 is 5.32 Å². The van der Waals surface area contributed by atoms with Gasteiger partial charge in [0.15, 0.2) is 0 Å². The van der Waals surface area contributed by atoms with Crippen molar-refractivity contribution in [3.8, 4) is 0 Å². The topological polar surface area (TPSA) is 12.0 Å². The van der Waals surface area contributed by atoms with E-state index in [0.717, 1.165) is 5.92 Å². The fourth-order valence-corrected chi connectivity index (χ4v) is 1.60. The van der Waals surface area contributed by atoms with Gasteiger partial charge in [0.2, 0.25) is 0 Å². The van der Waals surface area contributed by atoms with Crippen LogP contribution >= 0.6 is 0 Å². The Kier molecular flexibility index (Phi) is 8.03. The van der Waals surface area contributed by atoms with E-state index in [1.807, 2.05) is 7.05 Å². The van der Waals surface area contributed by atoms with Crippen molar-refractivity contribution in [2.24, 2.45) is 5.92 Å². The zero-order chi connectivity index (χ0) is 8.53. The average molecular weight is 157 g/mol. The molecular weight excluding hydrogens is 134 g/mol. The minimum Gasteiger partial charge on any atom is -0.320 e. The molecule has 1 N–H and O–H groups in total. The summed E-state index contributed by atoms with van der Waals surface area (Å²) in [6, 6.07) is 0. The van der Waals surface area contributed by atoms with E-state index in [1.54, 1.807) is 0 Å². The van der Waals surface area contributed by atoms with Gasteiger partial charge in [0, 0.05) is 0 Å². The van der Waals surface area contributed by atoms with Crippen LogP contribution in [0.3, 0.4) is 0 Å². The van der Waals surface area contributed by atoms with Crippen LogP contribution in [0.5, 0.6) is 0 Å². The summed E-state index contributed by atoms with van der Waals surface area (Å²) < 4.78 is 0. The van der Waals surface area contributed by atoms with Crippen LogP contribution in [0.15, 0.2) is 0 Å². The van der Waals surface area contributed by atoms with Crippen LogP contribution < -0.4 is 5.32 Å². The largest absolute Gasteiger partial charge is 0.320 e. The van der Waals surface area contributed by atoms with Crippen LogP contribution in [0.2, 0.25) is 0 Å². The Bertz CT molecular complexity index is 65.3. The van der Waals surface area contributed by atoms with Crippen molar-refractivity contribution in [1.29, 1.82) is 0 Å². The molecule has 0 aromatic rings. The number of hydrogen-bond donors (Lipinski definition) is 1.